The van der Waals surface area contributed by atoms with Crippen LogP contribution in [0.5, 0.6) is 0 Å². The molecule has 5 nitrogen and oxygen atoms in total. The molecule has 1 aromatic carbocycles. The lowest BCUT2D eigenvalue weighted by atomic mass is 10.1. The molecule has 0 spiro atoms. The summed E-state index contributed by atoms with van der Waals surface area (Å²) in [5, 5.41) is 9.27. The lowest BCUT2D eigenvalue weighted by molar-refractivity contribution is -0.137. The summed E-state index contributed by atoms with van der Waals surface area (Å²) in [4.78, 5) is 12.5. The molecule has 1 aliphatic heterocycles. The highest BCUT2D eigenvalue weighted by atomic mass is 19.4. The number of hydrogen-bond donors (Lipinski definition) is 0. The Hall–Kier alpha value is -2.82. The number of benzene rings is 1. The maximum Gasteiger partial charge on any atom is 0.416 e. The van der Waals surface area contributed by atoms with Crippen molar-refractivity contribution in [3.8, 4) is 6.07 Å². The maximum atomic E-state index is 12.8. The van der Waals surface area contributed by atoms with Gasteiger partial charge in [-0.05, 0) is 30.7 Å². The molecule has 0 unspecified atom stereocenters. The van der Waals surface area contributed by atoms with Crippen molar-refractivity contribution < 1.29 is 13.2 Å². The zero-order chi connectivity index (χ0) is 17.9. The van der Waals surface area contributed by atoms with Crippen molar-refractivity contribution in [3.63, 3.8) is 0 Å². The third-order valence-electron chi connectivity index (χ3n) is 4.12. The summed E-state index contributed by atoms with van der Waals surface area (Å²) in [7, 11) is 0. The maximum absolute atomic E-state index is 12.8. The number of rotatable bonds is 2. The van der Waals surface area contributed by atoms with Crippen molar-refractivity contribution in [2.24, 2.45) is 0 Å². The summed E-state index contributed by atoms with van der Waals surface area (Å²) < 4.78 is 38.5. The van der Waals surface area contributed by atoms with Crippen LogP contribution < -0.4 is 9.80 Å². The standard InChI is InChI=1S/C17H16F3N5/c18-17(19,20)14-3-4-15(13(11-14)12-21)24-7-2-8-25(10-9-24)16-22-5-1-6-23-16/h1,3-6,11H,2,7-10H2. The molecule has 0 bridgehead atoms. The van der Waals surface area contributed by atoms with Gasteiger partial charge in [0.25, 0.3) is 0 Å². The Morgan fingerprint density at radius 3 is 2.36 bits per heavy atom. The van der Waals surface area contributed by atoms with Crippen LogP contribution in [0.25, 0.3) is 0 Å². The summed E-state index contributed by atoms with van der Waals surface area (Å²) in [6.45, 7) is 2.63. The monoisotopic (exact) mass is 347 g/mol. The average Bonchev–Trinajstić information content (AvgIpc) is 2.87. The van der Waals surface area contributed by atoms with Crippen LogP contribution in [-0.2, 0) is 6.18 Å². The Labute approximate surface area is 143 Å². The van der Waals surface area contributed by atoms with Gasteiger partial charge in [0.05, 0.1) is 16.8 Å². The minimum absolute atomic E-state index is 0.0410. The van der Waals surface area contributed by atoms with Crippen molar-refractivity contribution in [2.45, 2.75) is 12.6 Å². The number of hydrogen-bond acceptors (Lipinski definition) is 5. The minimum Gasteiger partial charge on any atom is -0.369 e. The SMILES string of the molecule is N#Cc1cc(C(F)(F)F)ccc1N1CCCN(c2ncccn2)CC1. The molecule has 0 radical (unpaired) electrons. The number of halogens is 3. The Morgan fingerprint density at radius 2 is 1.68 bits per heavy atom. The molecule has 0 atom stereocenters. The summed E-state index contributed by atoms with van der Waals surface area (Å²) in [6, 6.07) is 6.96. The lowest BCUT2D eigenvalue weighted by Gasteiger charge is -2.25. The number of nitriles is 1. The third-order valence-corrected chi connectivity index (χ3v) is 4.12. The fraction of sp³-hybridized carbons (Fsp3) is 0.353. The van der Waals surface area contributed by atoms with Gasteiger partial charge in [-0.1, -0.05) is 0 Å². The molecule has 3 rings (SSSR count). The Kier molecular flexibility index (Phi) is 4.74. The van der Waals surface area contributed by atoms with Gasteiger partial charge >= 0.3 is 6.18 Å². The summed E-state index contributed by atoms with van der Waals surface area (Å²) in [6.07, 6.45) is -0.308. The molecule has 1 saturated heterocycles. The molecule has 2 heterocycles. The van der Waals surface area contributed by atoms with Crippen LogP contribution in [0.1, 0.15) is 17.5 Å². The van der Waals surface area contributed by atoms with Crippen LogP contribution in [0.4, 0.5) is 24.8 Å². The van der Waals surface area contributed by atoms with E-state index in [1.54, 1.807) is 18.5 Å². The van der Waals surface area contributed by atoms with Gasteiger partial charge in [-0.25, -0.2) is 9.97 Å². The van der Waals surface area contributed by atoms with Crippen molar-refractivity contribution in [2.75, 3.05) is 36.0 Å². The van der Waals surface area contributed by atoms with Crippen LogP contribution in [-0.4, -0.2) is 36.1 Å². The summed E-state index contributed by atoms with van der Waals surface area (Å²) in [5.41, 5.74) is -0.229. The van der Waals surface area contributed by atoms with E-state index in [4.69, 9.17) is 0 Å². The molecular weight excluding hydrogens is 331 g/mol. The van der Waals surface area contributed by atoms with Crippen molar-refractivity contribution >= 4 is 11.6 Å². The Bertz CT molecular complexity index is 770. The first-order valence-corrected chi connectivity index (χ1v) is 7.87. The quantitative estimate of drug-likeness (QED) is 0.836. The third kappa shape index (κ3) is 3.82. The fourth-order valence-electron chi connectivity index (χ4n) is 2.89. The van der Waals surface area contributed by atoms with Crippen molar-refractivity contribution in [1.82, 2.24) is 9.97 Å². The van der Waals surface area contributed by atoms with E-state index in [0.717, 1.165) is 25.1 Å². The molecule has 0 aliphatic carbocycles. The van der Waals surface area contributed by atoms with Crippen molar-refractivity contribution in [1.29, 1.82) is 5.26 Å². The molecule has 0 saturated carbocycles. The van der Waals surface area contributed by atoms with Gasteiger partial charge in [0, 0.05) is 38.6 Å². The van der Waals surface area contributed by atoms with Gasteiger partial charge in [-0.15, -0.1) is 0 Å². The van der Waals surface area contributed by atoms with Crippen LogP contribution >= 0.6 is 0 Å². The first-order chi connectivity index (χ1) is 12.0. The normalized spacial score (nSPS) is 15.6. The second-order valence-corrected chi connectivity index (χ2v) is 5.72. The molecule has 130 valence electrons. The highest BCUT2D eigenvalue weighted by Crippen LogP contribution is 2.33. The zero-order valence-corrected chi connectivity index (χ0v) is 13.4. The van der Waals surface area contributed by atoms with E-state index in [1.165, 1.54) is 6.07 Å². The highest BCUT2D eigenvalue weighted by molar-refractivity contribution is 5.61. The first kappa shape index (κ1) is 17.0. The topological polar surface area (TPSA) is 56.1 Å². The van der Waals surface area contributed by atoms with Crippen LogP contribution in [0.2, 0.25) is 0 Å². The summed E-state index contributed by atoms with van der Waals surface area (Å²) in [5.74, 6) is 0.636. The zero-order valence-electron chi connectivity index (χ0n) is 13.4. The Balaban J connectivity index is 1.80. The molecule has 8 heteroatoms. The molecule has 1 fully saturated rings. The van der Waals surface area contributed by atoms with Crippen LogP contribution in [0.15, 0.2) is 36.7 Å². The summed E-state index contributed by atoms with van der Waals surface area (Å²) >= 11 is 0. The van der Waals surface area contributed by atoms with Gasteiger partial charge < -0.3 is 9.80 Å². The van der Waals surface area contributed by atoms with Gasteiger partial charge in [-0.3, -0.25) is 0 Å². The van der Waals surface area contributed by atoms with E-state index in [1.807, 2.05) is 15.9 Å². The number of alkyl halides is 3. The fourth-order valence-corrected chi connectivity index (χ4v) is 2.89. The molecule has 1 aromatic heterocycles. The average molecular weight is 347 g/mol. The smallest absolute Gasteiger partial charge is 0.369 e. The molecule has 2 aromatic rings. The highest BCUT2D eigenvalue weighted by Gasteiger charge is 2.31. The minimum atomic E-state index is -4.45. The van der Waals surface area contributed by atoms with Crippen LogP contribution in [0.3, 0.4) is 0 Å². The second kappa shape index (κ2) is 6.97. The number of nitrogens with zero attached hydrogens (tertiary/aromatic N) is 5. The van der Waals surface area contributed by atoms with E-state index in [-0.39, 0.29) is 5.56 Å². The Morgan fingerprint density at radius 1 is 1.00 bits per heavy atom. The van der Waals surface area contributed by atoms with E-state index < -0.39 is 11.7 Å². The molecule has 0 N–H and O–H groups in total. The molecule has 1 aliphatic rings. The number of anilines is 2. The largest absolute Gasteiger partial charge is 0.416 e. The van der Waals surface area contributed by atoms with Gasteiger partial charge in [0.15, 0.2) is 0 Å². The first-order valence-electron chi connectivity index (χ1n) is 7.87. The van der Waals surface area contributed by atoms with Gasteiger partial charge in [0.2, 0.25) is 5.95 Å². The van der Waals surface area contributed by atoms with E-state index in [0.29, 0.717) is 31.3 Å². The second-order valence-electron chi connectivity index (χ2n) is 5.72. The van der Waals surface area contributed by atoms with Crippen molar-refractivity contribution in [3.05, 3.63) is 47.8 Å². The molecular formula is C17H16F3N5. The van der Waals surface area contributed by atoms with E-state index in [9.17, 15) is 18.4 Å². The van der Waals surface area contributed by atoms with E-state index in [2.05, 4.69) is 9.97 Å². The van der Waals surface area contributed by atoms with Gasteiger partial charge in [-0.2, -0.15) is 18.4 Å². The lowest BCUT2D eigenvalue weighted by Crippen LogP contribution is -2.32. The van der Waals surface area contributed by atoms with Gasteiger partial charge in [0.1, 0.15) is 6.07 Å². The molecule has 0 amide bonds. The number of aromatic nitrogens is 2. The predicted octanol–water partition coefficient (Wildman–Crippen LogP) is 3.08. The van der Waals surface area contributed by atoms with Crippen LogP contribution in [0, 0.1) is 11.3 Å². The van der Waals surface area contributed by atoms with E-state index >= 15 is 0 Å². The predicted molar refractivity (Wildman–Crippen MR) is 87.2 cm³/mol. The molecule has 25 heavy (non-hydrogen) atoms.